The van der Waals surface area contributed by atoms with E-state index < -0.39 is 11.5 Å². The largest absolute Gasteiger partial charge is 0.481 e. The van der Waals surface area contributed by atoms with Gasteiger partial charge in [-0.2, -0.15) is 0 Å². The molecule has 4 N–H and O–H groups in total. The van der Waals surface area contributed by atoms with Crippen molar-refractivity contribution in [2.75, 3.05) is 5.75 Å². The molecular weight excluding hydrogens is 190 g/mol. The van der Waals surface area contributed by atoms with E-state index >= 15 is 0 Å². The van der Waals surface area contributed by atoms with Crippen molar-refractivity contribution >= 4 is 22.9 Å². The van der Waals surface area contributed by atoms with Crippen LogP contribution in [0.5, 0.6) is 0 Å². The maximum atomic E-state index is 10.6. The Hall–Kier alpha value is -0.750. The first-order valence-electron chi connectivity index (χ1n) is 4.03. The van der Waals surface area contributed by atoms with E-state index in [9.17, 15) is 4.79 Å². The predicted octanol–water partition coefficient (Wildman–Crippen LogP) is 0.176. The minimum absolute atomic E-state index is 0.0711. The van der Waals surface area contributed by atoms with Crippen LogP contribution in [0.25, 0.3) is 0 Å². The lowest BCUT2D eigenvalue weighted by molar-refractivity contribution is -0.138. The first-order valence-corrected chi connectivity index (χ1v) is 5.01. The Morgan fingerprint density at radius 2 is 2.62 bits per heavy atom. The predicted molar refractivity (Wildman–Crippen MR) is 52.5 cm³/mol. The molecule has 13 heavy (non-hydrogen) atoms. The zero-order valence-corrected chi connectivity index (χ0v) is 8.23. The van der Waals surface area contributed by atoms with Crippen LogP contribution in [0.15, 0.2) is 4.99 Å². The number of nitrogens with two attached hydrogens (primary N) is 1. The molecule has 0 aliphatic carbocycles. The SMILES string of the molecule is CCC1(CC(=O)O)CSC(NN)=N1. The fraction of sp³-hybridized carbons (Fsp3) is 0.714. The van der Waals surface area contributed by atoms with Crippen LogP contribution in [0.2, 0.25) is 0 Å². The molecule has 0 bridgehead atoms. The average Bonchev–Trinajstić information content (AvgIpc) is 2.48. The summed E-state index contributed by atoms with van der Waals surface area (Å²) in [7, 11) is 0. The number of carboxylic acids is 1. The minimum atomic E-state index is -0.815. The summed E-state index contributed by atoms with van der Waals surface area (Å²) in [5.74, 6) is 5.07. The lowest BCUT2D eigenvalue weighted by Crippen LogP contribution is -2.30. The number of hydrogen-bond donors (Lipinski definition) is 3. The van der Waals surface area contributed by atoms with Gasteiger partial charge in [-0.15, -0.1) is 0 Å². The van der Waals surface area contributed by atoms with E-state index in [2.05, 4.69) is 10.4 Å². The molecule has 1 heterocycles. The van der Waals surface area contributed by atoms with E-state index in [1.165, 1.54) is 11.8 Å². The molecule has 5 nitrogen and oxygen atoms in total. The summed E-state index contributed by atoms with van der Waals surface area (Å²) in [5.41, 5.74) is 1.99. The molecule has 0 aromatic heterocycles. The van der Waals surface area contributed by atoms with Crippen LogP contribution >= 0.6 is 11.8 Å². The molecule has 1 atom stereocenters. The van der Waals surface area contributed by atoms with E-state index in [1.54, 1.807) is 0 Å². The van der Waals surface area contributed by atoms with Crippen LogP contribution in [-0.4, -0.2) is 27.5 Å². The molecule has 0 aromatic carbocycles. The quantitative estimate of drug-likeness (QED) is 0.450. The van der Waals surface area contributed by atoms with Gasteiger partial charge in [0, 0.05) is 5.75 Å². The monoisotopic (exact) mass is 203 g/mol. The first kappa shape index (κ1) is 10.3. The molecule has 6 heteroatoms. The van der Waals surface area contributed by atoms with Gasteiger partial charge in [-0.1, -0.05) is 18.7 Å². The topological polar surface area (TPSA) is 87.7 Å². The molecule has 1 aliphatic rings. The summed E-state index contributed by atoms with van der Waals surface area (Å²) in [5, 5.41) is 9.33. The molecule has 0 aromatic rings. The van der Waals surface area contributed by atoms with Crippen molar-refractivity contribution in [1.82, 2.24) is 5.43 Å². The summed E-state index contributed by atoms with van der Waals surface area (Å²) in [4.78, 5) is 14.8. The number of carbonyl (C=O) groups is 1. The Morgan fingerprint density at radius 1 is 1.92 bits per heavy atom. The van der Waals surface area contributed by atoms with Crippen LogP contribution in [0.1, 0.15) is 19.8 Å². The van der Waals surface area contributed by atoms with Gasteiger partial charge in [0.15, 0.2) is 5.17 Å². The highest BCUT2D eigenvalue weighted by atomic mass is 32.2. The van der Waals surface area contributed by atoms with Crippen LogP contribution in [0, 0.1) is 0 Å². The molecule has 0 fully saturated rings. The van der Waals surface area contributed by atoms with Crippen LogP contribution in [0.3, 0.4) is 0 Å². The standard InChI is InChI=1S/C7H13N3O2S/c1-2-7(3-5(11)12)4-13-6(9-7)10-8/h2-4,8H2,1H3,(H,9,10)(H,11,12). The molecule has 0 saturated carbocycles. The Labute approximate surface area is 80.8 Å². The average molecular weight is 203 g/mol. The van der Waals surface area contributed by atoms with Crippen LogP contribution in [0.4, 0.5) is 0 Å². The molecular formula is C7H13N3O2S. The molecule has 0 saturated heterocycles. The van der Waals surface area contributed by atoms with Crippen molar-refractivity contribution in [2.45, 2.75) is 25.3 Å². The highest BCUT2D eigenvalue weighted by Gasteiger charge is 2.35. The summed E-state index contributed by atoms with van der Waals surface area (Å²) < 4.78 is 0. The Kier molecular flexibility index (Phi) is 3.16. The van der Waals surface area contributed by atoms with E-state index in [1.807, 2.05) is 6.92 Å². The lowest BCUT2D eigenvalue weighted by Gasteiger charge is -2.20. The van der Waals surface area contributed by atoms with Gasteiger partial charge in [-0.25, -0.2) is 5.84 Å². The zero-order valence-electron chi connectivity index (χ0n) is 7.41. The molecule has 1 unspecified atom stereocenters. The number of aliphatic imine (C=N–C) groups is 1. The molecule has 0 radical (unpaired) electrons. The highest BCUT2D eigenvalue weighted by molar-refractivity contribution is 8.14. The van der Waals surface area contributed by atoms with Crippen molar-refractivity contribution in [3.63, 3.8) is 0 Å². The Bertz CT molecular complexity index is 244. The van der Waals surface area contributed by atoms with Crippen molar-refractivity contribution < 1.29 is 9.90 Å². The van der Waals surface area contributed by atoms with Gasteiger partial charge in [0.2, 0.25) is 0 Å². The summed E-state index contributed by atoms with van der Waals surface area (Å²) in [6, 6.07) is 0. The molecule has 1 rings (SSSR count). The molecule has 0 amide bonds. The van der Waals surface area contributed by atoms with E-state index in [-0.39, 0.29) is 6.42 Å². The van der Waals surface area contributed by atoms with Gasteiger partial charge in [-0.05, 0) is 6.42 Å². The third-order valence-corrected chi connectivity index (χ3v) is 3.24. The van der Waals surface area contributed by atoms with E-state index in [0.717, 1.165) is 6.42 Å². The fourth-order valence-corrected chi connectivity index (χ4v) is 2.35. The van der Waals surface area contributed by atoms with Crippen molar-refractivity contribution in [3.8, 4) is 0 Å². The molecule has 0 spiro atoms. The maximum Gasteiger partial charge on any atom is 0.305 e. The van der Waals surface area contributed by atoms with E-state index in [4.69, 9.17) is 10.9 Å². The zero-order chi connectivity index (χ0) is 9.90. The van der Waals surface area contributed by atoms with Gasteiger partial charge < -0.3 is 10.5 Å². The van der Waals surface area contributed by atoms with Gasteiger partial charge in [0.25, 0.3) is 0 Å². The number of amidine groups is 1. The normalized spacial score (nSPS) is 27.1. The lowest BCUT2D eigenvalue weighted by atomic mass is 9.95. The minimum Gasteiger partial charge on any atom is -0.481 e. The summed E-state index contributed by atoms with van der Waals surface area (Å²) >= 11 is 1.47. The maximum absolute atomic E-state index is 10.6. The van der Waals surface area contributed by atoms with Crippen LogP contribution < -0.4 is 11.3 Å². The second-order valence-corrected chi connectivity index (χ2v) is 3.96. The summed E-state index contributed by atoms with van der Waals surface area (Å²) in [6.07, 6.45) is 0.791. The number of hydrazine groups is 1. The van der Waals surface area contributed by atoms with Crippen molar-refractivity contribution in [3.05, 3.63) is 0 Å². The number of rotatable bonds is 3. The number of carboxylic acid groups (broad SMARTS) is 1. The number of thioether (sulfide) groups is 1. The van der Waals surface area contributed by atoms with E-state index in [0.29, 0.717) is 10.9 Å². The van der Waals surface area contributed by atoms with Crippen LogP contribution in [-0.2, 0) is 4.79 Å². The molecule has 1 aliphatic heterocycles. The Balaban J connectivity index is 2.72. The molecule has 74 valence electrons. The number of nitrogens with one attached hydrogen (secondary N) is 1. The van der Waals surface area contributed by atoms with Gasteiger partial charge in [0.05, 0.1) is 12.0 Å². The second-order valence-electron chi connectivity index (χ2n) is 3.00. The fourth-order valence-electron chi connectivity index (χ4n) is 1.23. The van der Waals surface area contributed by atoms with Gasteiger partial charge in [-0.3, -0.25) is 9.79 Å². The third kappa shape index (κ3) is 2.35. The first-order chi connectivity index (χ1) is 6.12. The summed E-state index contributed by atoms with van der Waals surface area (Å²) in [6.45, 7) is 1.94. The van der Waals surface area contributed by atoms with Gasteiger partial charge >= 0.3 is 5.97 Å². The van der Waals surface area contributed by atoms with Crippen molar-refractivity contribution in [2.24, 2.45) is 10.8 Å². The smallest absolute Gasteiger partial charge is 0.305 e. The second kappa shape index (κ2) is 3.97. The number of aliphatic carboxylic acids is 1. The Morgan fingerprint density at radius 3 is 3.00 bits per heavy atom. The van der Waals surface area contributed by atoms with Gasteiger partial charge in [0.1, 0.15) is 0 Å². The van der Waals surface area contributed by atoms with Crippen molar-refractivity contribution in [1.29, 1.82) is 0 Å². The highest BCUT2D eigenvalue weighted by Crippen LogP contribution is 2.32. The number of nitrogens with zero attached hydrogens (tertiary/aromatic N) is 1. The third-order valence-electron chi connectivity index (χ3n) is 2.08. The number of hydrogen-bond acceptors (Lipinski definition) is 5.